The standard InChI is InChI=1S/C20H27N3O2.2ClH/c1-25-18(14-21)13-20(24)23-11-9-22(10-12-23)15-17-7-4-6-16-5-2-3-8-19(16)17;;/h2-8,18H,9-15,21H2,1H3;2*1H. The highest BCUT2D eigenvalue weighted by molar-refractivity contribution is 5.86. The zero-order valence-electron chi connectivity index (χ0n) is 15.7. The van der Waals surface area contributed by atoms with E-state index in [1.165, 1.54) is 16.3 Å². The fraction of sp³-hybridized carbons (Fsp3) is 0.450. The minimum absolute atomic E-state index is 0. The summed E-state index contributed by atoms with van der Waals surface area (Å²) >= 11 is 0. The molecule has 1 aliphatic rings. The number of halogens is 2. The Hall–Kier alpha value is -1.37. The molecule has 7 heteroatoms. The Morgan fingerprint density at radius 3 is 2.41 bits per heavy atom. The molecule has 0 bridgehead atoms. The molecule has 150 valence electrons. The average Bonchev–Trinajstić information content (AvgIpc) is 2.67. The van der Waals surface area contributed by atoms with Crippen LogP contribution in [0.5, 0.6) is 0 Å². The van der Waals surface area contributed by atoms with Gasteiger partial charge in [0, 0.05) is 46.4 Å². The van der Waals surface area contributed by atoms with E-state index < -0.39 is 0 Å². The molecule has 1 heterocycles. The maximum atomic E-state index is 12.3. The van der Waals surface area contributed by atoms with Crippen molar-refractivity contribution in [3.63, 3.8) is 0 Å². The van der Waals surface area contributed by atoms with Gasteiger partial charge in [-0.1, -0.05) is 42.5 Å². The number of carbonyl (C=O) groups is 1. The van der Waals surface area contributed by atoms with Crippen LogP contribution in [-0.2, 0) is 16.1 Å². The van der Waals surface area contributed by atoms with Gasteiger partial charge in [-0.05, 0) is 16.3 Å². The fourth-order valence-electron chi connectivity index (χ4n) is 3.41. The second-order valence-electron chi connectivity index (χ2n) is 6.59. The molecule has 0 aromatic heterocycles. The molecule has 1 amide bonds. The number of fused-ring (bicyclic) bond motifs is 1. The van der Waals surface area contributed by atoms with Gasteiger partial charge in [0.25, 0.3) is 0 Å². The van der Waals surface area contributed by atoms with Crippen LogP contribution < -0.4 is 5.73 Å². The Kier molecular flexibility index (Phi) is 10.1. The molecule has 1 aliphatic heterocycles. The topological polar surface area (TPSA) is 58.8 Å². The molecule has 27 heavy (non-hydrogen) atoms. The number of piperazine rings is 1. The van der Waals surface area contributed by atoms with E-state index in [1.807, 2.05) is 4.90 Å². The Labute approximate surface area is 173 Å². The molecule has 2 aromatic rings. The fourth-order valence-corrected chi connectivity index (χ4v) is 3.41. The summed E-state index contributed by atoms with van der Waals surface area (Å²) < 4.78 is 5.22. The number of nitrogens with zero attached hydrogens (tertiary/aromatic N) is 2. The Morgan fingerprint density at radius 1 is 1.07 bits per heavy atom. The van der Waals surface area contributed by atoms with Gasteiger partial charge in [0.1, 0.15) is 0 Å². The third-order valence-electron chi connectivity index (χ3n) is 5.00. The monoisotopic (exact) mass is 413 g/mol. The molecule has 5 nitrogen and oxygen atoms in total. The summed E-state index contributed by atoms with van der Waals surface area (Å²) in [6.07, 6.45) is 0.192. The first-order chi connectivity index (χ1) is 12.2. The van der Waals surface area contributed by atoms with Gasteiger partial charge in [0.05, 0.1) is 12.5 Å². The van der Waals surface area contributed by atoms with E-state index in [-0.39, 0.29) is 36.8 Å². The van der Waals surface area contributed by atoms with Crippen molar-refractivity contribution in [3.8, 4) is 0 Å². The Balaban J connectivity index is 0.00000182. The molecular formula is C20H29Cl2N3O2. The number of ether oxygens (including phenoxy) is 1. The van der Waals surface area contributed by atoms with Crippen molar-refractivity contribution in [2.24, 2.45) is 5.73 Å². The van der Waals surface area contributed by atoms with E-state index >= 15 is 0 Å². The lowest BCUT2D eigenvalue weighted by Crippen LogP contribution is -2.49. The molecule has 0 radical (unpaired) electrons. The Morgan fingerprint density at radius 2 is 1.74 bits per heavy atom. The third-order valence-corrected chi connectivity index (χ3v) is 5.00. The molecule has 2 N–H and O–H groups in total. The van der Waals surface area contributed by atoms with Gasteiger partial charge >= 0.3 is 0 Å². The first kappa shape index (κ1) is 23.7. The highest BCUT2D eigenvalue weighted by atomic mass is 35.5. The van der Waals surface area contributed by atoms with Crippen molar-refractivity contribution >= 4 is 41.5 Å². The summed E-state index contributed by atoms with van der Waals surface area (Å²) in [5.41, 5.74) is 6.96. The van der Waals surface area contributed by atoms with Crippen molar-refractivity contribution < 1.29 is 9.53 Å². The second kappa shape index (κ2) is 11.5. The largest absolute Gasteiger partial charge is 0.380 e. The van der Waals surface area contributed by atoms with E-state index in [2.05, 4.69) is 47.4 Å². The normalized spacial score (nSPS) is 15.7. The zero-order chi connectivity index (χ0) is 17.6. The van der Waals surface area contributed by atoms with E-state index in [4.69, 9.17) is 10.5 Å². The molecule has 0 saturated carbocycles. The maximum absolute atomic E-state index is 12.3. The summed E-state index contributed by atoms with van der Waals surface area (Å²) in [4.78, 5) is 16.7. The Bertz CT molecular complexity index is 712. The predicted octanol–water partition coefficient (Wildman–Crippen LogP) is 2.69. The summed E-state index contributed by atoms with van der Waals surface area (Å²) in [5, 5.41) is 2.59. The predicted molar refractivity (Wildman–Crippen MR) is 115 cm³/mol. The van der Waals surface area contributed by atoms with Crippen molar-refractivity contribution in [2.45, 2.75) is 19.1 Å². The first-order valence-corrected chi connectivity index (χ1v) is 8.91. The van der Waals surface area contributed by atoms with Gasteiger partial charge in [-0.2, -0.15) is 0 Å². The molecule has 1 saturated heterocycles. The number of methoxy groups -OCH3 is 1. The maximum Gasteiger partial charge on any atom is 0.225 e. The first-order valence-electron chi connectivity index (χ1n) is 8.91. The number of carbonyl (C=O) groups excluding carboxylic acids is 1. The van der Waals surface area contributed by atoms with Crippen molar-refractivity contribution in [1.29, 1.82) is 0 Å². The van der Waals surface area contributed by atoms with Crippen LogP contribution in [0, 0.1) is 0 Å². The van der Waals surface area contributed by atoms with E-state index in [9.17, 15) is 4.79 Å². The number of rotatable bonds is 6. The lowest BCUT2D eigenvalue weighted by molar-refractivity contribution is -0.135. The van der Waals surface area contributed by atoms with Crippen LogP contribution in [0.3, 0.4) is 0 Å². The van der Waals surface area contributed by atoms with Crippen molar-refractivity contribution in [2.75, 3.05) is 39.8 Å². The van der Waals surface area contributed by atoms with E-state index in [0.29, 0.717) is 13.0 Å². The quantitative estimate of drug-likeness (QED) is 0.790. The van der Waals surface area contributed by atoms with Crippen LogP contribution in [0.1, 0.15) is 12.0 Å². The highest BCUT2D eigenvalue weighted by Gasteiger charge is 2.23. The van der Waals surface area contributed by atoms with Gasteiger partial charge in [0.2, 0.25) is 5.91 Å². The SMILES string of the molecule is COC(CN)CC(=O)N1CCN(Cc2cccc3ccccc23)CC1.Cl.Cl. The smallest absolute Gasteiger partial charge is 0.225 e. The van der Waals surface area contributed by atoms with E-state index in [1.54, 1.807) is 7.11 Å². The van der Waals surface area contributed by atoms with Crippen molar-refractivity contribution in [1.82, 2.24) is 9.80 Å². The van der Waals surface area contributed by atoms with Gasteiger partial charge in [-0.15, -0.1) is 24.8 Å². The summed E-state index contributed by atoms with van der Waals surface area (Å²) in [6, 6.07) is 15.0. The molecule has 0 spiro atoms. The number of benzene rings is 2. The lowest BCUT2D eigenvalue weighted by Gasteiger charge is -2.35. The summed E-state index contributed by atoms with van der Waals surface area (Å²) in [6.45, 7) is 4.63. The van der Waals surface area contributed by atoms with Gasteiger partial charge in [-0.3, -0.25) is 9.69 Å². The van der Waals surface area contributed by atoms with Crippen LogP contribution in [0.2, 0.25) is 0 Å². The molecule has 1 fully saturated rings. The molecule has 0 aliphatic carbocycles. The summed E-state index contributed by atoms with van der Waals surface area (Å²) in [7, 11) is 1.60. The molecule has 3 rings (SSSR count). The molecular weight excluding hydrogens is 385 g/mol. The van der Waals surface area contributed by atoms with Crippen LogP contribution in [0.4, 0.5) is 0 Å². The number of amides is 1. The van der Waals surface area contributed by atoms with Crippen LogP contribution in [0.25, 0.3) is 10.8 Å². The zero-order valence-corrected chi connectivity index (χ0v) is 17.3. The second-order valence-corrected chi connectivity index (χ2v) is 6.59. The average molecular weight is 414 g/mol. The van der Waals surface area contributed by atoms with Crippen molar-refractivity contribution in [3.05, 3.63) is 48.0 Å². The third kappa shape index (κ3) is 6.06. The minimum Gasteiger partial charge on any atom is -0.380 e. The molecule has 1 atom stereocenters. The van der Waals surface area contributed by atoms with Crippen LogP contribution in [0.15, 0.2) is 42.5 Å². The minimum atomic E-state index is -0.179. The number of nitrogens with two attached hydrogens (primary N) is 1. The van der Waals surface area contributed by atoms with Crippen LogP contribution in [-0.4, -0.2) is 61.6 Å². The summed E-state index contributed by atoms with van der Waals surface area (Å²) in [5.74, 6) is 0.141. The lowest BCUT2D eigenvalue weighted by atomic mass is 10.0. The number of hydrogen-bond acceptors (Lipinski definition) is 4. The van der Waals surface area contributed by atoms with Gasteiger partial charge in [0.15, 0.2) is 0 Å². The number of hydrogen-bond donors (Lipinski definition) is 1. The molecule has 2 aromatic carbocycles. The van der Waals surface area contributed by atoms with Gasteiger partial charge in [-0.25, -0.2) is 0 Å². The highest BCUT2D eigenvalue weighted by Crippen LogP contribution is 2.20. The van der Waals surface area contributed by atoms with E-state index in [0.717, 1.165) is 32.7 Å². The van der Waals surface area contributed by atoms with Crippen LogP contribution >= 0.6 is 24.8 Å². The molecule has 1 unspecified atom stereocenters. The van der Waals surface area contributed by atoms with Gasteiger partial charge < -0.3 is 15.4 Å².